The number of rotatable bonds is 20. The summed E-state index contributed by atoms with van der Waals surface area (Å²) in [5, 5.41) is 18.9. The number of aliphatic hydroxyl groups is 2. The average molecular weight is 430 g/mol. The van der Waals surface area contributed by atoms with Gasteiger partial charge in [0.05, 0.1) is 11.5 Å². The van der Waals surface area contributed by atoms with Crippen LogP contribution in [-0.2, 0) is 0 Å². The van der Waals surface area contributed by atoms with Crippen molar-refractivity contribution in [3.05, 3.63) is 36.8 Å². The van der Waals surface area contributed by atoms with Crippen LogP contribution < -0.4 is 5.73 Å². The number of aliphatic hydroxyl groups excluding tert-OH is 2. The van der Waals surface area contributed by atoms with Gasteiger partial charge in [0.2, 0.25) is 0 Å². The zero-order valence-electron chi connectivity index (χ0n) is 19.0. The minimum absolute atomic E-state index is 0. The molecule has 0 fully saturated rings. The Morgan fingerprint density at radius 2 is 1.10 bits per heavy atom. The summed E-state index contributed by atoms with van der Waals surface area (Å²) in [4.78, 5) is 0. The first-order valence-corrected chi connectivity index (χ1v) is 11.6. The molecule has 172 valence electrons. The summed E-state index contributed by atoms with van der Waals surface area (Å²) in [6, 6.07) is 0. The van der Waals surface area contributed by atoms with Gasteiger partial charge in [-0.25, -0.2) is 0 Å². The van der Waals surface area contributed by atoms with Crippen LogP contribution in [0.1, 0.15) is 116 Å². The van der Waals surface area contributed by atoms with Crippen molar-refractivity contribution in [1.29, 1.82) is 0 Å². The Morgan fingerprint density at radius 3 is 1.52 bits per heavy atom. The summed E-state index contributed by atoms with van der Waals surface area (Å²) in [6.45, 7) is 9.33. The van der Waals surface area contributed by atoms with Crippen LogP contribution in [0.25, 0.3) is 0 Å². The summed E-state index contributed by atoms with van der Waals surface area (Å²) in [5.74, 6) is 0.154. The molecule has 0 aromatic carbocycles. The molecule has 0 radical (unpaired) electrons. The van der Waals surface area contributed by atoms with Gasteiger partial charge in [0.25, 0.3) is 0 Å². The van der Waals surface area contributed by atoms with E-state index in [0.717, 1.165) is 19.3 Å². The minimum Gasteiger partial charge on any atom is -0.513 e. The molecule has 29 heavy (non-hydrogen) atoms. The third kappa shape index (κ3) is 21.6. The molecule has 0 atom stereocenters. The Morgan fingerprint density at radius 1 is 0.724 bits per heavy atom. The molecule has 3 nitrogen and oxygen atoms in total. The second kappa shape index (κ2) is 20.3. The van der Waals surface area contributed by atoms with Crippen molar-refractivity contribution in [3.63, 3.8) is 0 Å². The van der Waals surface area contributed by atoms with Gasteiger partial charge in [-0.2, -0.15) is 0 Å². The molecule has 0 heterocycles. The molecule has 0 aliphatic carbocycles. The van der Waals surface area contributed by atoms with Gasteiger partial charge in [-0.15, -0.1) is 12.4 Å². The average Bonchev–Trinajstić information content (AvgIpc) is 2.60. The van der Waals surface area contributed by atoms with Crippen LogP contribution in [0, 0.1) is 0 Å². The van der Waals surface area contributed by atoms with Gasteiger partial charge in [0.1, 0.15) is 0 Å². The largest absolute Gasteiger partial charge is 0.513 e. The molecule has 4 heteroatoms. The Kier molecular flexibility index (Phi) is 21.2. The molecule has 4 N–H and O–H groups in total. The molecule has 0 saturated carbocycles. The maximum atomic E-state index is 9.44. The highest BCUT2D eigenvalue weighted by atomic mass is 35.5. The van der Waals surface area contributed by atoms with Crippen molar-refractivity contribution in [2.75, 3.05) is 0 Å². The number of hydrogen-bond donors (Lipinski definition) is 3. The monoisotopic (exact) mass is 429 g/mol. The van der Waals surface area contributed by atoms with Crippen molar-refractivity contribution in [3.8, 4) is 0 Å². The van der Waals surface area contributed by atoms with E-state index in [-0.39, 0.29) is 23.9 Å². The van der Waals surface area contributed by atoms with Gasteiger partial charge in [0.15, 0.2) is 0 Å². The molecule has 0 aromatic rings. The Labute approximate surface area is 187 Å². The zero-order valence-corrected chi connectivity index (χ0v) is 19.8. The van der Waals surface area contributed by atoms with Crippen LogP contribution in [0.3, 0.4) is 0 Å². The fraction of sp³-hybridized carbons (Fsp3) is 0.760. The van der Waals surface area contributed by atoms with Crippen LogP contribution in [0.5, 0.6) is 0 Å². The van der Waals surface area contributed by atoms with Gasteiger partial charge >= 0.3 is 0 Å². The molecule has 0 amide bonds. The molecule has 0 rings (SSSR count). The smallest absolute Gasteiger partial charge is 0.0869 e. The van der Waals surface area contributed by atoms with Gasteiger partial charge in [-0.05, 0) is 32.1 Å². The molecular weight excluding hydrogens is 382 g/mol. The Balaban J connectivity index is 0. The fourth-order valence-electron chi connectivity index (χ4n) is 3.78. The van der Waals surface area contributed by atoms with E-state index < -0.39 is 5.54 Å². The minimum atomic E-state index is -0.627. The van der Waals surface area contributed by atoms with E-state index in [9.17, 15) is 10.2 Å². The fourth-order valence-corrected chi connectivity index (χ4v) is 3.78. The van der Waals surface area contributed by atoms with Gasteiger partial charge < -0.3 is 15.9 Å². The van der Waals surface area contributed by atoms with Crippen LogP contribution in [-0.4, -0.2) is 15.8 Å². The second-order valence-corrected chi connectivity index (χ2v) is 8.54. The van der Waals surface area contributed by atoms with E-state index in [1.54, 1.807) is 0 Å². The first-order valence-electron chi connectivity index (χ1n) is 11.6. The normalized spacial score (nSPS) is 11.5. The van der Waals surface area contributed by atoms with Crippen LogP contribution in [0.4, 0.5) is 0 Å². The quantitative estimate of drug-likeness (QED) is 0.103. The summed E-state index contributed by atoms with van der Waals surface area (Å²) >= 11 is 0. The topological polar surface area (TPSA) is 66.5 Å². The SMILES string of the molecule is C=C(O)CC(N)(CCCCCCCC/C=C\CCCCCCCC)CC(=C)O.Cl. The third-order valence-corrected chi connectivity index (χ3v) is 5.30. The third-order valence-electron chi connectivity index (χ3n) is 5.30. The molecule has 0 bridgehead atoms. The van der Waals surface area contributed by atoms with Crippen LogP contribution in [0.15, 0.2) is 36.8 Å². The highest BCUT2D eigenvalue weighted by molar-refractivity contribution is 5.85. The van der Waals surface area contributed by atoms with Gasteiger partial charge in [0, 0.05) is 18.4 Å². The van der Waals surface area contributed by atoms with E-state index in [1.165, 1.54) is 77.0 Å². The Bertz CT molecular complexity index is 419. The second-order valence-electron chi connectivity index (χ2n) is 8.54. The summed E-state index contributed by atoms with van der Waals surface area (Å²) in [6.07, 6.45) is 24.0. The predicted molar refractivity (Wildman–Crippen MR) is 131 cm³/mol. The summed E-state index contributed by atoms with van der Waals surface area (Å²) in [7, 11) is 0. The molecule has 0 saturated heterocycles. The van der Waals surface area contributed by atoms with Crippen LogP contribution in [0.2, 0.25) is 0 Å². The highest BCUT2D eigenvalue weighted by Crippen LogP contribution is 2.25. The first-order chi connectivity index (χ1) is 13.4. The van der Waals surface area contributed by atoms with Crippen molar-refractivity contribution in [2.24, 2.45) is 5.73 Å². The Hall–Kier alpha value is -0.930. The molecule has 0 aliphatic heterocycles. The maximum Gasteiger partial charge on any atom is 0.0869 e. The number of nitrogens with two attached hydrogens (primary N) is 1. The molecule has 0 aromatic heterocycles. The number of halogens is 1. The number of hydrogen-bond acceptors (Lipinski definition) is 3. The predicted octanol–water partition coefficient (Wildman–Crippen LogP) is 8.46. The summed E-state index contributed by atoms with van der Waals surface area (Å²) < 4.78 is 0. The van der Waals surface area contributed by atoms with Crippen molar-refractivity contribution < 1.29 is 10.2 Å². The lowest BCUT2D eigenvalue weighted by Gasteiger charge is -2.28. The molecule has 0 aliphatic rings. The lowest BCUT2D eigenvalue weighted by Crippen LogP contribution is -2.40. The molecular formula is C25H48ClNO2. The van der Waals surface area contributed by atoms with E-state index in [1.807, 2.05) is 0 Å². The molecule has 0 unspecified atom stereocenters. The summed E-state index contributed by atoms with van der Waals surface area (Å²) in [5.41, 5.74) is 5.68. The lowest BCUT2D eigenvalue weighted by molar-refractivity contribution is 0.265. The van der Waals surface area contributed by atoms with Crippen LogP contribution >= 0.6 is 12.4 Å². The number of unbranched alkanes of at least 4 members (excludes halogenated alkanes) is 12. The van der Waals surface area contributed by atoms with Gasteiger partial charge in [-0.1, -0.05) is 96.4 Å². The molecule has 0 spiro atoms. The van der Waals surface area contributed by atoms with Gasteiger partial charge in [-0.3, -0.25) is 0 Å². The van der Waals surface area contributed by atoms with E-state index in [4.69, 9.17) is 5.73 Å². The zero-order chi connectivity index (χ0) is 21.1. The van der Waals surface area contributed by atoms with E-state index >= 15 is 0 Å². The van der Waals surface area contributed by atoms with Crippen molar-refractivity contribution >= 4 is 12.4 Å². The maximum absolute atomic E-state index is 9.44. The van der Waals surface area contributed by atoms with Crippen molar-refractivity contribution in [1.82, 2.24) is 0 Å². The number of allylic oxidation sites excluding steroid dienone is 2. The standard InChI is InChI=1S/C25H47NO2.ClH/c1-4-5-6-7-8-9-10-11-12-13-14-15-16-17-18-19-20-25(26,21-23(2)27)22-24(3)28;/h11-12,27-28H,2-10,13-22,26H2,1H3;1H/b12-11-;. The van der Waals surface area contributed by atoms with E-state index in [2.05, 4.69) is 32.2 Å². The van der Waals surface area contributed by atoms with Crippen molar-refractivity contribution in [2.45, 2.75) is 122 Å². The van der Waals surface area contributed by atoms with E-state index in [0.29, 0.717) is 12.8 Å². The lowest BCUT2D eigenvalue weighted by atomic mass is 9.85. The first kappa shape index (κ1) is 30.3. The highest BCUT2D eigenvalue weighted by Gasteiger charge is 2.26.